The summed E-state index contributed by atoms with van der Waals surface area (Å²) in [7, 11) is 0. The highest BCUT2D eigenvalue weighted by Crippen LogP contribution is 2.03. The number of aryl methyl sites for hydroxylation is 1. The molecule has 0 aliphatic rings. The van der Waals surface area contributed by atoms with E-state index >= 15 is 0 Å². The van der Waals surface area contributed by atoms with E-state index in [0.29, 0.717) is 0 Å². The maximum absolute atomic E-state index is 4.27. The molecule has 0 atom stereocenters. The fourth-order valence-corrected chi connectivity index (χ4v) is 1.22. The zero-order valence-electron chi connectivity index (χ0n) is 7.68. The normalized spacial score (nSPS) is 10.0. The summed E-state index contributed by atoms with van der Waals surface area (Å²) in [6.45, 7) is 7.37. The highest BCUT2D eigenvalue weighted by Gasteiger charge is 1.97. The molecule has 0 radical (unpaired) electrons. The Morgan fingerprint density at radius 3 is 3.08 bits per heavy atom. The first kappa shape index (κ1) is 10.4. The summed E-state index contributed by atoms with van der Waals surface area (Å²) in [6.07, 6.45) is 1.81. The van der Waals surface area contributed by atoms with Gasteiger partial charge in [0.15, 0.2) is 0 Å². The Morgan fingerprint density at radius 1 is 1.69 bits per heavy atom. The fraction of sp³-hybridized carbons (Fsp3) is 0.300. The van der Waals surface area contributed by atoms with Crippen LogP contribution in [0.3, 0.4) is 0 Å². The van der Waals surface area contributed by atoms with Crippen LogP contribution in [0, 0.1) is 6.92 Å². The molecule has 1 rings (SSSR count). The van der Waals surface area contributed by atoms with Gasteiger partial charge in [-0.15, -0.1) is 0 Å². The van der Waals surface area contributed by atoms with E-state index in [2.05, 4.69) is 45.8 Å². The van der Waals surface area contributed by atoms with E-state index in [1.165, 1.54) is 5.56 Å². The zero-order valence-corrected chi connectivity index (χ0v) is 9.26. The van der Waals surface area contributed by atoms with Crippen LogP contribution in [0.5, 0.6) is 0 Å². The van der Waals surface area contributed by atoms with E-state index < -0.39 is 0 Å². The molecule has 1 aromatic heterocycles. The highest BCUT2D eigenvalue weighted by atomic mass is 79.9. The number of nitrogens with one attached hydrogen (secondary N) is 1. The van der Waals surface area contributed by atoms with Crippen LogP contribution in [0.2, 0.25) is 0 Å². The van der Waals surface area contributed by atoms with Crippen LogP contribution < -0.4 is 5.32 Å². The molecule has 0 spiro atoms. The summed E-state index contributed by atoms with van der Waals surface area (Å²) >= 11 is 3.29. The first-order valence-electron chi connectivity index (χ1n) is 4.14. The second-order valence-corrected chi connectivity index (χ2v) is 4.01. The third-order valence-corrected chi connectivity index (χ3v) is 2.01. The molecule has 0 saturated carbocycles. The molecular formula is C10H13BrN2. The second-order valence-electron chi connectivity index (χ2n) is 2.89. The van der Waals surface area contributed by atoms with Gasteiger partial charge in [-0.2, -0.15) is 0 Å². The minimum atomic E-state index is 0.774. The molecule has 1 aromatic rings. The van der Waals surface area contributed by atoms with Gasteiger partial charge >= 0.3 is 0 Å². The molecule has 0 saturated heterocycles. The summed E-state index contributed by atoms with van der Waals surface area (Å²) in [5.41, 5.74) is 2.31. The van der Waals surface area contributed by atoms with Crippen LogP contribution in [-0.2, 0) is 6.54 Å². The summed E-state index contributed by atoms with van der Waals surface area (Å²) in [4.78, 5) is 4.27. The van der Waals surface area contributed by atoms with Gasteiger partial charge in [0.2, 0.25) is 0 Å². The Bertz CT molecular complexity index is 297. The van der Waals surface area contributed by atoms with E-state index in [9.17, 15) is 0 Å². The van der Waals surface area contributed by atoms with Gasteiger partial charge in [-0.3, -0.25) is 4.98 Å². The van der Waals surface area contributed by atoms with E-state index in [0.717, 1.165) is 23.3 Å². The van der Waals surface area contributed by atoms with Crippen molar-refractivity contribution in [1.82, 2.24) is 10.3 Å². The summed E-state index contributed by atoms with van der Waals surface area (Å²) in [5, 5.41) is 3.23. The van der Waals surface area contributed by atoms with Crippen LogP contribution in [-0.4, -0.2) is 11.5 Å². The van der Waals surface area contributed by atoms with Crippen LogP contribution in [0.15, 0.2) is 29.4 Å². The molecule has 70 valence electrons. The summed E-state index contributed by atoms with van der Waals surface area (Å²) < 4.78 is 0.959. The van der Waals surface area contributed by atoms with Crippen molar-refractivity contribution in [3.05, 3.63) is 40.6 Å². The number of nitrogens with zero attached hydrogens (tertiary/aromatic N) is 1. The van der Waals surface area contributed by atoms with Gasteiger partial charge in [0.25, 0.3) is 0 Å². The first-order chi connectivity index (χ1) is 6.20. The summed E-state index contributed by atoms with van der Waals surface area (Å²) in [6, 6.07) is 4.01. The van der Waals surface area contributed by atoms with Gasteiger partial charge in [0.05, 0.1) is 5.69 Å². The second kappa shape index (κ2) is 5.14. The van der Waals surface area contributed by atoms with Gasteiger partial charge < -0.3 is 5.32 Å². The lowest BCUT2D eigenvalue weighted by Gasteiger charge is -2.05. The molecule has 0 amide bonds. The molecule has 0 aromatic carbocycles. The van der Waals surface area contributed by atoms with Gasteiger partial charge in [-0.1, -0.05) is 28.6 Å². The number of pyridine rings is 1. The molecule has 0 aliphatic heterocycles. The predicted molar refractivity (Wildman–Crippen MR) is 58.7 cm³/mol. The predicted octanol–water partition coefficient (Wildman–Crippen LogP) is 2.39. The molecule has 0 fully saturated rings. The number of hydrogen-bond donors (Lipinski definition) is 1. The average molecular weight is 241 g/mol. The van der Waals surface area contributed by atoms with Crippen molar-refractivity contribution >= 4 is 15.9 Å². The van der Waals surface area contributed by atoms with Gasteiger partial charge in [-0.05, 0) is 18.6 Å². The smallest absolute Gasteiger partial charge is 0.0570 e. The standard InChI is InChI=1S/C10H13BrN2/c1-8-4-3-5-13-10(8)7-12-6-9(2)11/h3-5,12H,2,6-7H2,1H3. The maximum Gasteiger partial charge on any atom is 0.0570 e. The first-order valence-corrected chi connectivity index (χ1v) is 4.94. The van der Waals surface area contributed by atoms with E-state index in [4.69, 9.17) is 0 Å². The van der Waals surface area contributed by atoms with Crippen molar-refractivity contribution < 1.29 is 0 Å². The minimum absolute atomic E-state index is 0.774. The Morgan fingerprint density at radius 2 is 2.46 bits per heavy atom. The molecule has 0 unspecified atom stereocenters. The van der Waals surface area contributed by atoms with Crippen molar-refractivity contribution in [2.75, 3.05) is 6.54 Å². The fourth-order valence-electron chi connectivity index (χ4n) is 1.02. The monoisotopic (exact) mass is 240 g/mol. The number of hydrogen-bond acceptors (Lipinski definition) is 2. The van der Waals surface area contributed by atoms with E-state index in [1.54, 1.807) is 0 Å². The van der Waals surface area contributed by atoms with Crippen molar-refractivity contribution in [3.8, 4) is 0 Å². The van der Waals surface area contributed by atoms with Crippen LogP contribution in [0.4, 0.5) is 0 Å². The highest BCUT2D eigenvalue weighted by molar-refractivity contribution is 9.11. The molecule has 0 aliphatic carbocycles. The van der Waals surface area contributed by atoms with E-state index in [1.807, 2.05) is 12.3 Å². The Hall–Kier alpha value is -0.670. The SMILES string of the molecule is C=C(Br)CNCc1ncccc1C. The largest absolute Gasteiger partial charge is 0.307 e. The van der Waals surface area contributed by atoms with E-state index in [-0.39, 0.29) is 0 Å². The lowest BCUT2D eigenvalue weighted by molar-refractivity contribution is 0.733. The lowest BCUT2D eigenvalue weighted by atomic mass is 10.2. The molecular weight excluding hydrogens is 228 g/mol. The Kier molecular flexibility index (Phi) is 4.12. The molecule has 0 bridgehead atoms. The molecule has 3 heteroatoms. The molecule has 2 nitrogen and oxygen atoms in total. The van der Waals surface area contributed by atoms with Crippen LogP contribution >= 0.6 is 15.9 Å². The molecule has 1 heterocycles. The van der Waals surface area contributed by atoms with Crippen molar-refractivity contribution in [2.24, 2.45) is 0 Å². The number of rotatable bonds is 4. The van der Waals surface area contributed by atoms with Crippen molar-refractivity contribution in [1.29, 1.82) is 0 Å². The van der Waals surface area contributed by atoms with Crippen LogP contribution in [0.25, 0.3) is 0 Å². The number of halogens is 1. The third-order valence-electron chi connectivity index (χ3n) is 1.73. The molecule has 13 heavy (non-hydrogen) atoms. The lowest BCUT2D eigenvalue weighted by Crippen LogP contribution is -2.16. The quantitative estimate of drug-likeness (QED) is 0.875. The number of aromatic nitrogens is 1. The zero-order chi connectivity index (χ0) is 9.68. The van der Waals surface area contributed by atoms with Gasteiger partial charge in [0.1, 0.15) is 0 Å². The Labute approximate surface area is 87.2 Å². The van der Waals surface area contributed by atoms with Crippen molar-refractivity contribution in [2.45, 2.75) is 13.5 Å². The average Bonchev–Trinajstić information content (AvgIpc) is 2.08. The Balaban J connectivity index is 2.45. The third kappa shape index (κ3) is 3.70. The van der Waals surface area contributed by atoms with Gasteiger partial charge in [0, 0.05) is 23.8 Å². The van der Waals surface area contributed by atoms with Crippen molar-refractivity contribution in [3.63, 3.8) is 0 Å². The van der Waals surface area contributed by atoms with Crippen LogP contribution in [0.1, 0.15) is 11.3 Å². The topological polar surface area (TPSA) is 24.9 Å². The maximum atomic E-state index is 4.27. The molecule has 1 N–H and O–H groups in total. The minimum Gasteiger partial charge on any atom is -0.307 e. The van der Waals surface area contributed by atoms with Gasteiger partial charge in [-0.25, -0.2) is 0 Å². The summed E-state index contributed by atoms with van der Waals surface area (Å²) in [5.74, 6) is 0.